The molecule has 39 heavy (non-hydrogen) atoms. The van der Waals surface area contributed by atoms with Gasteiger partial charge in [-0.15, -0.1) is 0 Å². The van der Waals surface area contributed by atoms with Crippen molar-refractivity contribution in [3.05, 3.63) is 65.2 Å². The molecule has 6 rings (SSSR count). The van der Waals surface area contributed by atoms with E-state index < -0.39 is 0 Å². The second-order valence-electron chi connectivity index (χ2n) is 9.56. The van der Waals surface area contributed by atoms with Gasteiger partial charge in [-0.1, -0.05) is 23.7 Å². The number of pyridine rings is 1. The highest BCUT2D eigenvalue weighted by molar-refractivity contribution is 14.1. The van der Waals surface area contributed by atoms with Crippen LogP contribution >= 0.6 is 34.5 Å². The van der Waals surface area contributed by atoms with Crippen LogP contribution < -0.4 is 8.01 Å². The number of aryl methyl sites for hydroxylation is 1. The van der Waals surface area contributed by atoms with E-state index in [0.717, 1.165) is 57.7 Å². The van der Waals surface area contributed by atoms with Crippen LogP contribution in [0, 0.1) is 13.8 Å². The lowest BCUT2D eigenvalue weighted by molar-refractivity contribution is 0.0985. The molecule has 200 valence electrons. The minimum atomic E-state index is 0.169. The zero-order chi connectivity index (χ0) is 27.3. The second kappa shape index (κ2) is 10.4. The van der Waals surface area contributed by atoms with E-state index in [0.29, 0.717) is 24.2 Å². The summed E-state index contributed by atoms with van der Waals surface area (Å²) in [4.78, 5) is 21.6. The van der Waals surface area contributed by atoms with Gasteiger partial charge in [0.2, 0.25) is 11.9 Å². The van der Waals surface area contributed by atoms with Crippen LogP contribution in [0.2, 0.25) is 5.02 Å². The molecule has 4 aromatic heterocycles. The molecule has 0 radical (unpaired) electrons. The van der Waals surface area contributed by atoms with Crippen molar-refractivity contribution in [3.63, 3.8) is 0 Å². The number of imidazole rings is 1. The van der Waals surface area contributed by atoms with Crippen LogP contribution in [0.15, 0.2) is 48.8 Å². The smallest absolute Gasteiger partial charge is 0.239 e. The standard InChI is InChI=1S/C27H27ClIN9O/c1-16-15-39-10-9-36(16)24-12-22(25-17(2)34-38(18(25)3)20-11-19(28)13-30-14-20)31-26(33-24)37-23-8-6-5-7-21(23)32-27(37)35(4)29/h5-8,11-14,16H,9-10,15H2,1-4H3/t16-/m1/s1. The second-order valence-corrected chi connectivity index (χ2v) is 11.4. The molecule has 1 aromatic carbocycles. The van der Waals surface area contributed by atoms with Crippen LogP contribution in [-0.2, 0) is 4.74 Å². The molecule has 1 aliphatic heterocycles. The molecule has 1 saturated heterocycles. The van der Waals surface area contributed by atoms with Crippen LogP contribution in [0.5, 0.6) is 0 Å². The van der Waals surface area contributed by atoms with Crippen molar-refractivity contribution in [1.82, 2.24) is 34.3 Å². The summed E-state index contributed by atoms with van der Waals surface area (Å²) in [5, 5.41) is 5.39. The average Bonchev–Trinajstić information content (AvgIpc) is 3.46. The Morgan fingerprint density at radius 1 is 1.10 bits per heavy atom. The maximum atomic E-state index is 6.24. The Kier molecular flexibility index (Phi) is 6.89. The average molecular weight is 656 g/mol. The number of fused-ring (bicyclic) bond motifs is 1. The molecular weight excluding hydrogens is 629 g/mol. The van der Waals surface area contributed by atoms with Crippen LogP contribution in [0.1, 0.15) is 18.3 Å². The number of nitrogens with zero attached hydrogens (tertiary/aromatic N) is 9. The van der Waals surface area contributed by atoms with Gasteiger partial charge in [-0.2, -0.15) is 10.1 Å². The molecule has 0 amide bonds. The van der Waals surface area contributed by atoms with E-state index in [1.165, 1.54) is 0 Å². The van der Waals surface area contributed by atoms with Crippen molar-refractivity contribution in [2.45, 2.75) is 26.8 Å². The number of para-hydroxylation sites is 2. The fourth-order valence-electron chi connectivity index (χ4n) is 5.06. The van der Waals surface area contributed by atoms with E-state index in [9.17, 15) is 0 Å². The van der Waals surface area contributed by atoms with Crippen molar-refractivity contribution in [2.24, 2.45) is 0 Å². The zero-order valence-electron chi connectivity index (χ0n) is 22.0. The minimum absolute atomic E-state index is 0.169. The maximum absolute atomic E-state index is 6.24. The first-order valence-electron chi connectivity index (χ1n) is 12.6. The van der Waals surface area contributed by atoms with Gasteiger partial charge in [0.15, 0.2) is 0 Å². The van der Waals surface area contributed by atoms with Crippen molar-refractivity contribution >= 4 is 57.3 Å². The minimum Gasteiger partial charge on any atom is -0.377 e. The van der Waals surface area contributed by atoms with E-state index in [1.54, 1.807) is 12.4 Å². The Hall–Kier alpha value is -3.29. The van der Waals surface area contributed by atoms with Crippen LogP contribution in [0.3, 0.4) is 0 Å². The third kappa shape index (κ3) is 4.72. The largest absolute Gasteiger partial charge is 0.377 e. The number of hydrogen-bond acceptors (Lipinski definition) is 8. The van der Waals surface area contributed by atoms with Gasteiger partial charge in [0.1, 0.15) is 5.82 Å². The van der Waals surface area contributed by atoms with Crippen LogP contribution in [-0.4, -0.2) is 67.1 Å². The van der Waals surface area contributed by atoms with Gasteiger partial charge in [-0.25, -0.2) is 19.2 Å². The third-order valence-corrected chi connectivity index (χ3v) is 7.50. The maximum Gasteiger partial charge on any atom is 0.239 e. The first kappa shape index (κ1) is 26.0. The van der Waals surface area contributed by atoms with Gasteiger partial charge in [-0.05, 0) is 39.0 Å². The van der Waals surface area contributed by atoms with E-state index in [-0.39, 0.29) is 6.04 Å². The number of rotatable bonds is 5. The quantitative estimate of drug-likeness (QED) is 0.185. The van der Waals surface area contributed by atoms with Crippen LogP contribution in [0.25, 0.3) is 33.9 Å². The van der Waals surface area contributed by atoms with Gasteiger partial charge in [0.05, 0.1) is 87.1 Å². The Balaban J connectivity index is 1.59. The lowest BCUT2D eigenvalue weighted by atomic mass is 10.1. The molecule has 1 atom stereocenters. The molecule has 1 fully saturated rings. The van der Waals surface area contributed by atoms with E-state index >= 15 is 0 Å². The molecule has 10 nitrogen and oxygen atoms in total. The highest BCUT2D eigenvalue weighted by Crippen LogP contribution is 2.33. The molecular formula is C27H27ClIN9O. The number of morpholine rings is 1. The summed E-state index contributed by atoms with van der Waals surface area (Å²) in [5.74, 6) is 2.12. The summed E-state index contributed by atoms with van der Waals surface area (Å²) >= 11 is 8.48. The number of aromatic nitrogens is 7. The molecule has 1 aliphatic rings. The van der Waals surface area contributed by atoms with Gasteiger partial charge in [0, 0.05) is 31.4 Å². The Labute approximate surface area is 245 Å². The number of ether oxygens (including phenoxy) is 1. The molecule has 0 bridgehead atoms. The molecule has 12 heteroatoms. The summed E-state index contributed by atoms with van der Waals surface area (Å²) in [7, 11) is 1.96. The first-order chi connectivity index (χ1) is 18.8. The number of halogens is 2. The Morgan fingerprint density at radius 3 is 2.69 bits per heavy atom. The summed E-state index contributed by atoms with van der Waals surface area (Å²) < 4.78 is 11.5. The first-order valence-corrected chi connectivity index (χ1v) is 13.9. The van der Waals surface area contributed by atoms with E-state index in [2.05, 4.69) is 45.7 Å². The van der Waals surface area contributed by atoms with Crippen molar-refractivity contribution in [2.75, 3.05) is 34.8 Å². The number of benzene rings is 1. The SMILES string of the molecule is Cc1nn(-c2cncc(Cl)c2)c(C)c1-c1cc(N2CCOC[C@H]2C)nc(-n2c(N(C)I)nc3ccccc32)n1. The van der Waals surface area contributed by atoms with Crippen molar-refractivity contribution in [3.8, 4) is 22.9 Å². The monoisotopic (exact) mass is 655 g/mol. The summed E-state index contributed by atoms with van der Waals surface area (Å²) in [6, 6.07) is 12.1. The fraction of sp³-hybridized carbons (Fsp3) is 0.296. The highest BCUT2D eigenvalue weighted by atomic mass is 127. The topological polar surface area (TPSA) is 90.0 Å². The molecule has 5 heterocycles. The highest BCUT2D eigenvalue weighted by Gasteiger charge is 2.26. The fourth-order valence-corrected chi connectivity index (χ4v) is 5.55. The zero-order valence-corrected chi connectivity index (χ0v) is 24.9. The normalized spacial score (nSPS) is 15.7. The molecule has 0 unspecified atom stereocenters. The van der Waals surface area contributed by atoms with E-state index in [4.69, 9.17) is 36.4 Å². The lowest BCUT2D eigenvalue weighted by Crippen LogP contribution is -2.44. The number of hydrogen-bond donors (Lipinski definition) is 0. The Bertz CT molecular complexity index is 1680. The molecule has 0 spiro atoms. The predicted molar refractivity (Wildman–Crippen MR) is 162 cm³/mol. The van der Waals surface area contributed by atoms with E-state index in [1.807, 2.05) is 63.6 Å². The van der Waals surface area contributed by atoms with Crippen LogP contribution in [0.4, 0.5) is 11.8 Å². The third-order valence-electron chi connectivity index (χ3n) is 6.86. The number of anilines is 2. The predicted octanol–water partition coefficient (Wildman–Crippen LogP) is 5.34. The Morgan fingerprint density at radius 2 is 1.92 bits per heavy atom. The summed E-state index contributed by atoms with van der Waals surface area (Å²) in [5.41, 5.74) is 6.10. The summed E-state index contributed by atoms with van der Waals surface area (Å²) in [6.45, 7) is 8.21. The summed E-state index contributed by atoms with van der Waals surface area (Å²) in [6.07, 6.45) is 3.36. The van der Waals surface area contributed by atoms with Crippen molar-refractivity contribution < 1.29 is 4.74 Å². The molecule has 0 saturated carbocycles. The van der Waals surface area contributed by atoms with Gasteiger partial charge in [0.25, 0.3) is 0 Å². The molecule has 0 aliphatic carbocycles. The van der Waals surface area contributed by atoms with Gasteiger partial charge in [-0.3, -0.25) is 8.10 Å². The van der Waals surface area contributed by atoms with Crippen molar-refractivity contribution in [1.29, 1.82) is 0 Å². The van der Waals surface area contributed by atoms with Gasteiger partial charge < -0.3 is 9.64 Å². The van der Waals surface area contributed by atoms with Gasteiger partial charge >= 0.3 is 0 Å². The lowest BCUT2D eigenvalue weighted by Gasteiger charge is -2.34. The molecule has 0 N–H and O–H groups in total. The molecule has 5 aromatic rings.